The molecule has 0 radical (unpaired) electrons. The maximum Gasteiger partial charge on any atom is 0.350 e. The number of nitrogens with one attached hydrogen (secondary N) is 2. The van der Waals surface area contributed by atoms with Crippen LogP contribution in [-0.4, -0.2) is 45.9 Å². The van der Waals surface area contributed by atoms with Crippen molar-refractivity contribution in [2.45, 2.75) is 69.4 Å². The molecule has 3 N–H and O–H groups in total. The Labute approximate surface area is 247 Å². The van der Waals surface area contributed by atoms with Crippen LogP contribution in [0.15, 0.2) is 89.1 Å². The Morgan fingerprint density at radius 3 is 2.40 bits per heavy atom. The van der Waals surface area contributed by atoms with E-state index in [1.807, 2.05) is 18.2 Å². The quantitative estimate of drug-likeness (QED) is 0.154. The number of aliphatic hydroxyl groups is 1. The average Bonchev–Trinajstić information content (AvgIpc) is 3.38. The highest BCUT2D eigenvalue weighted by atomic mass is 32.2. The summed E-state index contributed by atoms with van der Waals surface area (Å²) < 4.78 is 31.4. The van der Waals surface area contributed by atoms with E-state index in [9.17, 15) is 18.3 Å². The number of aliphatic hydroxyl groups excluding tert-OH is 1. The van der Waals surface area contributed by atoms with Gasteiger partial charge in [-0.1, -0.05) is 57.2 Å². The van der Waals surface area contributed by atoms with Crippen LogP contribution in [0.3, 0.4) is 0 Å². The van der Waals surface area contributed by atoms with Crippen molar-refractivity contribution < 1.29 is 13.5 Å². The molecule has 42 heavy (non-hydrogen) atoms. The summed E-state index contributed by atoms with van der Waals surface area (Å²) in [7, 11) is -3.81. The maximum atomic E-state index is 13.0. The zero-order valence-corrected chi connectivity index (χ0v) is 24.8. The molecule has 10 nitrogen and oxygen atoms in total. The molecule has 0 amide bonds. The van der Waals surface area contributed by atoms with Crippen molar-refractivity contribution in [3.8, 4) is 5.69 Å². The topological polar surface area (TPSA) is 131 Å². The third-order valence-corrected chi connectivity index (χ3v) is 8.48. The third kappa shape index (κ3) is 8.85. The third-order valence-electron chi connectivity index (χ3n) is 7.09. The Morgan fingerprint density at radius 2 is 1.69 bits per heavy atom. The summed E-state index contributed by atoms with van der Waals surface area (Å²) in [5, 5.41) is 17.7. The van der Waals surface area contributed by atoms with Crippen molar-refractivity contribution in [3.05, 3.63) is 101 Å². The summed E-state index contributed by atoms with van der Waals surface area (Å²) in [5.74, 6) is 0. The van der Waals surface area contributed by atoms with Gasteiger partial charge in [0.2, 0.25) is 0 Å². The second-order valence-electron chi connectivity index (χ2n) is 10.3. The van der Waals surface area contributed by atoms with Gasteiger partial charge in [0.05, 0.1) is 16.7 Å². The molecule has 0 bridgehead atoms. The predicted octanol–water partition coefficient (Wildman–Crippen LogP) is 4.46. The van der Waals surface area contributed by atoms with Gasteiger partial charge in [-0.2, -0.15) is 5.10 Å². The number of unbranched alkanes of at least 4 members (excludes halogenated alkanes) is 5. The van der Waals surface area contributed by atoms with Crippen molar-refractivity contribution >= 4 is 15.7 Å². The number of nitrogens with zero attached hydrogens (tertiary/aromatic N) is 4. The summed E-state index contributed by atoms with van der Waals surface area (Å²) in [6.07, 6.45) is 11.7. The molecule has 0 saturated carbocycles. The number of hydrogen-bond acceptors (Lipinski definition) is 7. The monoisotopic (exact) mass is 592 g/mol. The average molecular weight is 593 g/mol. The molecule has 2 heterocycles. The number of aromatic nitrogens is 4. The molecule has 224 valence electrons. The number of anilines is 1. The molecule has 0 spiro atoms. The lowest BCUT2D eigenvalue weighted by molar-refractivity contribution is 0.174. The summed E-state index contributed by atoms with van der Waals surface area (Å²) in [5.41, 5.74) is 2.57. The summed E-state index contributed by atoms with van der Waals surface area (Å²) in [4.78, 5) is 16.9. The predicted molar refractivity (Wildman–Crippen MR) is 164 cm³/mol. The van der Waals surface area contributed by atoms with E-state index in [2.05, 4.69) is 27.0 Å². The summed E-state index contributed by atoms with van der Waals surface area (Å²) >= 11 is 0. The van der Waals surface area contributed by atoms with Crippen LogP contribution in [0.25, 0.3) is 5.69 Å². The van der Waals surface area contributed by atoms with E-state index in [-0.39, 0.29) is 10.6 Å². The van der Waals surface area contributed by atoms with Gasteiger partial charge in [0, 0.05) is 36.7 Å². The zero-order chi connectivity index (χ0) is 29.8. The van der Waals surface area contributed by atoms with Crippen LogP contribution in [-0.2, 0) is 23.0 Å². The van der Waals surface area contributed by atoms with Crippen molar-refractivity contribution in [1.29, 1.82) is 0 Å². The highest BCUT2D eigenvalue weighted by Gasteiger charge is 2.15. The van der Waals surface area contributed by atoms with E-state index >= 15 is 0 Å². The zero-order valence-electron chi connectivity index (χ0n) is 24.0. The highest BCUT2D eigenvalue weighted by molar-refractivity contribution is 7.92. The first-order valence-electron chi connectivity index (χ1n) is 14.5. The number of pyridine rings is 1. The minimum absolute atomic E-state index is 0.0965. The Morgan fingerprint density at radius 1 is 0.952 bits per heavy atom. The van der Waals surface area contributed by atoms with Crippen LogP contribution in [0.2, 0.25) is 0 Å². The molecule has 4 rings (SSSR count). The van der Waals surface area contributed by atoms with Crippen LogP contribution in [0.1, 0.15) is 62.7 Å². The number of rotatable bonds is 17. The van der Waals surface area contributed by atoms with Gasteiger partial charge in [0.1, 0.15) is 6.33 Å². The van der Waals surface area contributed by atoms with E-state index in [0.717, 1.165) is 36.8 Å². The fourth-order valence-electron chi connectivity index (χ4n) is 4.61. The van der Waals surface area contributed by atoms with Crippen LogP contribution in [0, 0.1) is 0 Å². The molecular weight excluding hydrogens is 552 g/mol. The van der Waals surface area contributed by atoms with E-state index in [0.29, 0.717) is 31.0 Å². The molecule has 2 aromatic carbocycles. The first-order chi connectivity index (χ1) is 20.4. The normalized spacial score (nSPS) is 12.3. The molecule has 11 heteroatoms. The van der Waals surface area contributed by atoms with E-state index in [4.69, 9.17) is 0 Å². The minimum Gasteiger partial charge on any atom is -0.387 e. The first-order valence-corrected chi connectivity index (χ1v) is 16.0. The molecule has 1 unspecified atom stereocenters. The molecule has 0 aliphatic heterocycles. The Bertz CT molecular complexity index is 1540. The van der Waals surface area contributed by atoms with Crippen LogP contribution in [0.5, 0.6) is 0 Å². The Hall–Kier alpha value is -3.80. The molecule has 0 aliphatic rings. The second kappa shape index (κ2) is 15.4. The molecule has 0 aliphatic carbocycles. The number of benzene rings is 2. The largest absolute Gasteiger partial charge is 0.387 e. The maximum absolute atomic E-state index is 13.0. The Balaban J connectivity index is 1.26. The molecule has 0 fully saturated rings. The van der Waals surface area contributed by atoms with Gasteiger partial charge in [0.25, 0.3) is 10.0 Å². The van der Waals surface area contributed by atoms with Gasteiger partial charge in [-0.3, -0.25) is 9.71 Å². The molecule has 2 aromatic heterocycles. The standard InChI is InChI=1S/C31H40N6O4S/c1-2-3-4-5-6-7-21-37-31(39)36(24-34-37)28-14-16-29(17-15-28)42(40,41)35-27-12-10-25(11-13-27)18-20-33-23-30(38)26-9-8-19-32-22-26/h8-17,19,22,24,30,33,35,38H,2-7,18,20-21,23H2,1H3. The lowest BCUT2D eigenvalue weighted by Gasteiger charge is -2.12. The lowest BCUT2D eigenvalue weighted by atomic mass is 10.1. The van der Waals surface area contributed by atoms with E-state index in [1.54, 1.807) is 42.7 Å². The fourth-order valence-corrected chi connectivity index (χ4v) is 5.67. The van der Waals surface area contributed by atoms with Crippen LogP contribution < -0.4 is 15.7 Å². The van der Waals surface area contributed by atoms with Crippen molar-refractivity contribution in [1.82, 2.24) is 24.6 Å². The van der Waals surface area contributed by atoms with Gasteiger partial charge >= 0.3 is 5.69 Å². The summed E-state index contributed by atoms with van der Waals surface area (Å²) in [6, 6.07) is 17.0. The van der Waals surface area contributed by atoms with Crippen LogP contribution >= 0.6 is 0 Å². The first kappa shape index (κ1) is 31.1. The summed E-state index contributed by atoms with van der Waals surface area (Å²) in [6.45, 7) is 3.83. The second-order valence-corrected chi connectivity index (χ2v) is 12.0. The molecule has 1 atom stereocenters. The van der Waals surface area contributed by atoms with Crippen molar-refractivity contribution in [2.24, 2.45) is 0 Å². The van der Waals surface area contributed by atoms with E-state index in [1.165, 1.54) is 47.0 Å². The van der Waals surface area contributed by atoms with Gasteiger partial charge in [-0.05, 0) is 67.4 Å². The molecule has 0 saturated heterocycles. The Kier molecular flexibility index (Phi) is 11.4. The molecule has 4 aromatic rings. The van der Waals surface area contributed by atoms with Crippen LogP contribution in [0.4, 0.5) is 5.69 Å². The highest BCUT2D eigenvalue weighted by Crippen LogP contribution is 2.18. The van der Waals surface area contributed by atoms with Gasteiger partial charge in [-0.15, -0.1) is 0 Å². The minimum atomic E-state index is -3.81. The lowest BCUT2D eigenvalue weighted by Crippen LogP contribution is -2.24. The molecular formula is C31H40N6O4S. The fraction of sp³-hybridized carbons (Fsp3) is 0.387. The van der Waals surface area contributed by atoms with Gasteiger partial charge in [-0.25, -0.2) is 22.5 Å². The number of aryl methyl sites for hydroxylation is 1. The number of hydrogen-bond donors (Lipinski definition) is 3. The van der Waals surface area contributed by atoms with Crippen molar-refractivity contribution in [2.75, 3.05) is 17.8 Å². The smallest absolute Gasteiger partial charge is 0.350 e. The van der Waals surface area contributed by atoms with Gasteiger partial charge in [0.15, 0.2) is 0 Å². The van der Waals surface area contributed by atoms with Gasteiger partial charge < -0.3 is 10.4 Å². The van der Waals surface area contributed by atoms with Crippen molar-refractivity contribution in [3.63, 3.8) is 0 Å². The SMILES string of the molecule is CCCCCCCCn1ncn(-c2ccc(S(=O)(=O)Nc3ccc(CCNCC(O)c4cccnc4)cc3)cc2)c1=O. The van der Waals surface area contributed by atoms with E-state index < -0.39 is 16.1 Å². The number of sulfonamides is 1.